The van der Waals surface area contributed by atoms with Gasteiger partial charge in [0.15, 0.2) is 6.29 Å². The summed E-state index contributed by atoms with van der Waals surface area (Å²) in [5.74, 6) is 0. The zero-order valence-corrected chi connectivity index (χ0v) is 6.17. The number of hydrogen-bond acceptors (Lipinski definition) is 5. The Bertz CT molecular complexity index is 110. The fraction of sp³-hybridized carbons (Fsp3) is 1.00. The molecule has 0 radical (unpaired) electrons. The summed E-state index contributed by atoms with van der Waals surface area (Å²) in [4.78, 5) is 0. The lowest BCUT2D eigenvalue weighted by atomic mass is 10.1. The molecule has 1 fully saturated rings. The molecule has 1 rings (SSSR count). The average Bonchev–Trinajstić information content (AvgIpc) is 2.30. The number of hydrogen-bond donors (Lipinski definition) is 3. The summed E-state index contributed by atoms with van der Waals surface area (Å²) in [6.07, 6.45) is -3.71. The van der Waals surface area contributed by atoms with Gasteiger partial charge in [0, 0.05) is 7.11 Å². The first-order valence-corrected chi connectivity index (χ1v) is 3.36. The van der Waals surface area contributed by atoms with Crippen LogP contribution in [0.2, 0.25) is 0 Å². The van der Waals surface area contributed by atoms with Gasteiger partial charge in [-0.25, -0.2) is 0 Å². The number of methoxy groups -OCH3 is 1. The Morgan fingerprint density at radius 1 is 1.36 bits per heavy atom. The Hall–Kier alpha value is -0.200. The molecule has 0 bridgehead atoms. The lowest BCUT2D eigenvalue weighted by Crippen LogP contribution is -2.34. The summed E-state index contributed by atoms with van der Waals surface area (Å²) in [6, 6.07) is 0. The summed E-state index contributed by atoms with van der Waals surface area (Å²) in [5.41, 5.74) is 0. The molecule has 0 aromatic heterocycles. The highest BCUT2D eigenvalue weighted by molar-refractivity contribution is 4.85. The fourth-order valence-electron chi connectivity index (χ4n) is 1.06. The first-order chi connectivity index (χ1) is 5.20. The maximum absolute atomic E-state index is 9.15. The van der Waals surface area contributed by atoms with Crippen LogP contribution in [0.15, 0.2) is 0 Å². The lowest BCUT2D eigenvalue weighted by Gasteiger charge is -2.11. The van der Waals surface area contributed by atoms with E-state index >= 15 is 0 Å². The predicted octanol–water partition coefficient (Wildman–Crippen LogP) is -1.93. The molecule has 0 amide bonds. The molecule has 1 aliphatic heterocycles. The molecule has 3 N–H and O–H groups in total. The number of aliphatic hydroxyl groups excluding tert-OH is 3. The number of aliphatic hydroxyl groups is 3. The average molecular weight is 164 g/mol. The van der Waals surface area contributed by atoms with Crippen LogP contribution < -0.4 is 0 Å². The van der Waals surface area contributed by atoms with Crippen molar-refractivity contribution in [1.82, 2.24) is 0 Å². The maximum atomic E-state index is 9.15. The quantitative estimate of drug-likeness (QED) is 0.443. The largest absolute Gasteiger partial charge is 0.394 e. The molecule has 5 nitrogen and oxygen atoms in total. The minimum atomic E-state index is -1.07. The predicted molar refractivity (Wildman–Crippen MR) is 34.8 cm³/mol. The Morgan fingerprint density at radius 3 is 2.27 bits per heavy atom. The van der Waals surface area contributed by atoms with Gasteiger partial charge in [0.1, 0.15) is 18.3 Å². The lowest BCUT2D eigenvalue weighted by molar-refractivity contribution is -0.153. The maximum Gasteiger partial charge on any atom is 0.186 e. The van der Waals surface area contributed by atoms with Gasteiger partial charge in [-0.1, -0.05) is 0 Å². The van der Waals surface area contributed by atoms with Gasteiger partial charge in [0.05, 0.1) is 6.61 Å². The van der Waals surface area contributed by atoms with E-state index < -0.39 is 24.6 Å². The Balaban J connectivity index is 2.53. The van der Waals surface area contributed by atoms with Crippen LogP contribution >= 0.6 is 0 Å². The summed E-state index contributed by atoms with van der Waals surface area (Å²) in [6.45, 7) is -0.321. The number of ether oxygens (including phenoxy) is 2. The van der Waals surface area contributed by atoms with Crippen molar-refractivity contribution in [2.75, 3.05) is 13.7 Å². The molecular formula is C6H12O5. The van der Waals surface area contributed by atoms with E-state index in [4.69, 9.17) is 20.1 Å². The topological polar surface area (TPSA) is 79.2 Å². The van der Waals surface area contributed by atoms with Gasteiger partial charge in [0.25, 0.3) is 0 Å². The molecule has 1 unspecified atom stereocenters. The molecule has 1 saturated heterocycles. The second-order valence-corrected chi connectivity index (χ2v) is 2.44. The zero-order valence-electron chi connectivity index (χ0n) is 6.17. The zero-order chi connectivity index (χ0) is 8.43. The third-order valence-electron chi connectivity index (χ3n) is 1.73. The monoisotopic (exact) mass is 164 g/mol. The van der Waals surface area contributed by atoms with Crippen LogP contribution in [0.1, 0.15) is 0 Å². The summed E-state index contributed by atoms with van der Waals surface area (Å²) < 4.78 is 9.59. The minimum absolute atomic E-state index is 0.321. The van der Waals surface area contributed by atoms with Crippen LogP contribution in [0.3, 0.4) is 0 Å². The van der Waals surface area contributed by atoms with Crippen molar-refractivity contribution >= 4 is 0 Å². The highest BCUT2D eigenvalue weighted by Gasteiger charge is 2.42. The Labute approximate surface area is 64.2 Å². The Kier molecular flexibility index (Phi) is 2.80. The van der Waals surface area contributed by atoms with E-state index in [1.54, 1.807) is 0 Å². The van der Waals surface area contributed by atoms with Crippen LogP contribution in [0.25, 0.3) is 0 Å². The number of rotatable bonds is 2. The minimum Gasteiger partial charge on any atom is -0.394 e. The fourth-order valence-corrected chi connectivity index (χ4v) is 1.06. The van der Waals surface area contributed by atoms with E-state index in [0.29, 0.717) is 0 Å². The highest BCUT2D eigenvalue weighted by Crippen LogP contribution is 2.20. The second-order valence-electron chi connectivity index (χ2n) is 2.44. The first-order valence-electron chi connectivity index (χ1n) is 3.36. The normalized spacial score (nSPS) is 44.7. The van der Waals surface area contributed by atoms with Crippen molar-refractivity contribution in [2.24, 2.45) is 0 Å². The molecule has 0 spiro atoms. The third kappa shape index (κ3) is 1.52. The van der Waals surface area contributed by atoms with E-state index in [1.165, 1.54) is 7.11 Å². The van der Waals surface area contributed by atoms with Gasteiger partial charge in [-0.2, -0.15) is 0 Å². The molecule has 11 heavy (non-hydrogen) atoms. The summed E-state index contributed by atoms with van der Waals surface area (Å²) in [5, 5.41) is 26.9. The van der Waals surface area contributed by atoms with Crippen LogP contribution in [-0.2, 0) is 9.47 Å². The standard InChI is InChI=1S/C6H12O5/c1-10-6-5(9)4(8)3(2-7)11-6/h3-9H,2H2,1H3/t3?,4-,5-,6+/m0/s1. The van der Waals surface area contributed by atoms with Crippen molar-refractivity contribution in [2.45, 2.75) is 24.6 Å². The van der Waals surface area contributed by atoms with Crippen molar-refractivity contribution < 1.29 is 24.8 Å². The molecule has 0 aliphatic carbocycles. The van der Waals surface area contributed by atoms with Gasteiger partial charge in [-0.15, -0.1) is 0 Å². The van der Waals surface area contributed by atoms with E-state index in [1.807, 2.05) is 0 Å². The van der Waals surface area contributed by atoms with E-state index in [2.05, 4.69) is 4.74 Å². The van der Waals surface area contributed by atoms with Gasteiger partial charge in [0.2, 0.25) is 0 Å². The molecule has 5 heteroatoms. The van der Waals surface area contributed by atoms with Gasteiger partial charge in [-0.3, -0.25) is 0 Å². The van der Waals surface area contributed by atoms with Crippen molar-refractivity contribution in [1.29, 1.82) is 0 Å². The molecule has 0 saturated carbocycles. The van der Waals surface area contributed by atoms with Crippen LogP contribution in [-0.4, -0.2) is 53.6 Å². The molecule has 1 aliphatic rings. The van der Waals surface area contributed by atoms with Crippen molar-refractivity contribution in [3.05, 3.63) is 0 Å². The smallest absolute Gasteiger partial charge is 0.186 e. The van der Waals surface area contributed by atoms with E-state index in [9.17, 15) is 0 Å². The van der Waals surface area contributed by atoms with Crippen LogP contribution in [0.4, 0.5) is 0 Å². The highest BCUT2D eigenvalue weighted by atomic mass is 16.7. The second kappa shape index (κ2) is 3.46. The van der Waals surface area contributed by atoms with E-state index in [-0.39, 0.29) is 6.61 Å². The summed E-state index contributed by atoms with van der Waals surface area (Å²) in [7, 11) is 1.36. The van der Waals surface area contributed by atoms with Crippen molar-refractivity contribution in [3.8, 4) is 0 Å². The van der Waals surface area contributed by atoms with Gasteiger partial charge >= 0.3 is 0 Å². The molecular weight excluding hydrogens is 152 g/mol. The SMILES string of the molecule is CO[C@@H]1OC(CO)[C@H](O)[C@@H]1O. The first kappa shape index (κ1) is 8.89. The summed E-state index contributed by atoms with van der Waals surface area (Å²) >= 11 is 0. The van der Waals surface area contributed by atoms with Gasteiger partial charge in [-0.05, 0) is 0 Å². The Morgan fingerprint density at radius 2 is 2.00 bits per heavy atom. The molecule has 66 valence electrons. The molecule has 1 heterocycles. The van der Waals surface area contributed by atoms with Crippen LogP contribution in [0.5, 0.6) is 0 Å². The van der Waals surface area contributed by atoms with E-state index in [0.717, 1.165) is 0 Å². The molecule has 0 aromatic rings. The van der Waals surface area contributed by atoms with Gasteiger partial charge < -0.3 is 24.8 Å². The third-order valence-corrected chi connectivity index (χ3v) is 1.73. The van der Waals surface area contributed by atoms with Crippen molar-refractivity contribution in [3.63, 3.8) is 0 Å². The molecule has 0 aromatic carbocycles. The molecule has 4 atom stereocenters. The van der Waals surface area contributed by atoms with Crippen LogP contribution in [0, 0.1) is 0 Å².